The van der Waals surface area contributed by atoms with E-state index in [-0.39, 0.29) is 6.04 Å². The molecule has 1 aromatic heterocycles. The predicted octanol–water partition coefficient (Wildman–Crippen LogP) is 3.59. The number of likely N-dealkylation sites (N-methyl/N-ethyl adjacent to an activating group) is 1. The topological polar surface area (TPSA) is 23.6 Å². The van der Waals surface area contributed by atoms with Crippen molar-refractivity contribution < 1.29 is 4.79 Å². The lowest BCUT2D eigenvalue weighted by Crippen LogP contribution is -2.49. The van der Waals surface area contributed by atoms with E-state index in [1.165, 1.54) is 10.4 Å². The highest BCUT2D eigenvalue weighted by molar-refractivity contribution is 7.09. The van der Waals surface area contributed by atoms with Crippen LogP contribution in [-0.4, -0.2) is 42.4 Å². The zero-order valence-electron chi connectivity index (χ0n) is 13.6. The van der Waals surface area contributed by atoms with E-state index >= 15 is 0 Å². The average Bonchev–Trinajstić information content (AvgIpc) is 3.09. The van der Waals surface area contributed by atoms with E-state index in [2.05, 4.69) is 58.6 Å². The summed E-state index contributed by atoms with van der Waals surface area (Å²) in [7, 11) is 2.13. The summed E-state index contributed by atoms with van der Waals surface area (Å²) in [5, 5.41) is 2.10. The second-order valence-electron chi connectivity index (χ2n) is 6.21. The first kappa shape index (κ1) is 16.2. The number of hydrogen-bond acceptors (Lipinski definition) is 3. The van der Waals surface area contributed by atoms with Gasteiger partial charge in [-0.1, -0.05) is 36.4 Å². The molecule has 2 aromatic rings. The largest absolute Gasteiger partial charge is 0.333 e. The van der Waals surface area contributed by atoms with Gasteiger partial charge < -0.3 is 9.80 Å². The number of benzene rings is 1. The van der Waals surface area contributed by atoms with Crippen molar-refractivity contribution in [3.63, 3.8) is 0 Å². The van der Waals surface area contributed by atoms with E-state index in [4.69, 9.17) is 0 Å². The Kier molecular flexibility index (Phi) is 5.47. The molecule has 122 valence electrons. The highest BCUT2D eigenvalue weighted by Gasteiger charge is 2.29. The number of carbonyl (C=O) groups excluding carboxylic acids is 1. The molecule has 4 heteroatoms. The Morgan fingerprint density at radius 2 is 2.00 bits per heavy atom. The molecule has 1 atom stereocenters. The van der Waals surface area contributed by atoms with Crippen molar-refractivity contribution in [3.05, 3.63) is 58.3 Å². The molecule has 0 radical (unpaired) electrons. The maximum absolute atomic E-state index is 12.7. The van der Waals surface area contributed by atoms with Crippen molar-refractivity contribution in [2.75, 3.05) is 26.7 Å². The van der Waals surface area contributed by atoms with Gasteiger partial charge in [-0.15, -0.1) is 11.3 Å². The van der Waals surface area contributed by atoms with Gasteiger partial charge in [-0.05, 0) is 36.9 Å². The molecule has 1 aliphatic heterocycles. The summed E-state index contributed by atoms with van der Waals surface area (Å²) in [6.07, 6.45) is 2.59. The van der Waals surface area contributed by atoms with Gasteiger partial charge in [0.05, 0.1) is 6.04 Å². The molecule has 1 aliphatic rings. The third-order valence-corrected chi connectivity index (χ3v) is 5.42. The van der Waals surface area contributed by atoms with Gasteiger partial charge in [0.15, 0.2) is 0 Å². The van der Waals surface area contributed by atoms with Crippen molar-refractivity contribution >= 4 is 17.2 Å². The summed E-state index contributed by atoms with van der Waals surface area (Å²) in [6.45, 7) is 2.70. The Bertz CT molecular complexity index is 612. The van der Waals surface area contributed by atoms with Gasteiger partial charge in [0, 0.05) is 30.9 Å². The van der Waals surface area contributed by atoms with Crippen LogP contribution in [0.2, 0.25) is 0 Å². The number of aryl methyl sites for hydroxylation is 1. The van der Waals surface area contributed by atoms with E-state index in [0.29, 0.717) is 12.3 Å². The number of thiophene rings is 1. The molecule has 1 saturated heterocycles. The molecule has 23 heavy (non-hydrogen) atoms. The normalized spacial score (nSPS) is 19.0. The maximum atomic E-state index is 12.7. The lowest BCUT2D eigenvalue weighted by Gasteiger charge is -2.40. The fourth-order valence-corrected chi connectivity index (χ4v) is 3.94. The standard InChI is InChI=1S/C19H24N2OS/c1-20-12-13-21(18(15-20)16-7-3-2-4-8-16)19(22)11-5-9-17-10-6-14-23-17/h2-4,6-8,10,14,18H,5,9,11-13,15H2,1H3. The summed E-state index contributed by atoms with van der Waals surface area (Å²) >= 11 is 1.78. The van der Waals surface area contributed by atoms with Gasteiger partial charge in [-0.3, -0.25) is 4.79 Å². The predicted molar refractivity (Wildman–Crippen MR) is 95.7 cm³/mol. The minimum absolute atomic E-state index is 0.184. The summed E-state index contributed by atoms with van der Waals surface area (Å²) in [5.41, 5.74) is 1.24. The monoisotopic (exact) mass is 328 g/mol. The van der Waals surface area contributed by atoms with E-state index in [9.17, 15) is 4.79 Å². The lowest BCUT2D eigenvalue weighted by atomic mass is 10.0. The summed E-state index contributed by atoms with van der Waals surface area (Å²) in [4.78, 5) is 18.5. The number of rotatable bonds is 5. The maximum Gasteiger partial charge on any atom is 0.223 e. The fraction of sp³-hybridized carbons (Fsp3) is 0.421. The Labute approximate surface area is 142 Å². The molecule has 1 fully saturated rings. The molecule has 3 rings (SSSR count). The van der Waals surface area contributed by atoms with Crippen LogP contribution in [0.5, 0.6) is 0 Å². The summed E-state index contributed by atoms with van der Waals surface area (Å²) in [5.74, 6) is 0.295. The van der Waals surface area contributed by atoms with Gasteiger partial charge in [0.1, 0.15) is 0 Å². The summed E-state index contributed by atoms with van der Waals surface area (Å²) < 4.78 is 0. The van der Waals surface area contributed by atoms with E-state index < -0.39 is 0 Å². The molecule has 0 saturated carbocycles. The Balaban J connectivity index is 1.62. The van der Waals surface area contributed by atoms with E-state index in [1.54, 1.807) is 11.3 Å². The number of carbonyl (C=O) groups is 1. The van der Waals surface area contributed by atoms with Gasteiger partial charge in [0.25, 0.3) is 0 Å². The minimum atomic E-state index is 0.184. The van der Waals surface area contributed by atoms with Crippen molar-refractivity contribution in [2.45, 2.75) is 25.3 Å². The Morgan fingerprint density at radius 1 is 1.17 bits per heavy atom. The van der Waals surface area contributed by atoms with Crippen LogP contribution >= 0.6 is 11.3 Å². The molecular formula is C19H24N2OS. The van der Waals surface area contributed by atoms with Crippen molar-refractivity contribution in [1.82, 2.24) is 9.80 Å². The second-order valence-corrected chi connectivity index (χ2v) is 7.24. The third-order valence-electron chi connectivity index (χ3n) is 4.48. The number of amides is 1. The number of nitrogens with zero attached hydrogens (tertiary/aromatic N) is 2. The van der Waals surface area contributed by atoms with Crippen molar-refractivity contribution in [1.29, 1.82) is 0 Å². The molecule has 1 aromatic carbocycles. The Hall–Kier alpha value is -1.65. The quantitative estimate of drug-likeness (QED) is 0.837. The number of piperazine rings is 1. The lowest BCUT2D eigenvalue weighted by molar-refractivity contribution is -0.136. The molecule has 1 unspecified atom stereocenters. The zero-order valence-corrected chi connectivity index (χ0v) is 14.5. The zero-order chi connectivity index (χ0) is 16.1. The fourth-order valence-electron chi connectivity index (χ4n) is 3.19. The molecule has 3 nitrogen and oxygen atoms in total. The van der Waals surface area contributed by atoms with Gasteiger partial charge >= 0.3 is 0 Å². The number of hydrogen-bond donors (Lipinski definition) is 0. The first-order chi connectivity index (χ1) is 11.2. The van der Waals surface area contributed by atoms with E-state index in [1.807, 2.05) is 6.07 Å². The van der Waals surface area contributed by atoms with Crippen LogP contribution < -0.4 is 0 Å². The Morgan fingerprint density at radius 3 is 2.74 bits per heavy atom. The van der Waals surface area contributed by atoms with Crippen molar-refractivity contribution in [2.24, 2.45) is 0 Å². The van der Waals surface area contributed by atoms with Crippen LogP contribution in [0.1, 0.15) is 29.3 Å². The average molecular weight is 328 g/mol. The molecular weight excluding hydrogens is 304 g/mol. The van der Waals surface area contributed by atoms with Crippen LogP contribution in [0.25, 0.3) is 0 Å². The molecule has 0 N–H and O–H groups in total. The van der Waals surface area contributed by atoms with E-state index in [0.717, 1.165) is 32.5 Å². The van der Waals surface area contributed by atoms with Crippen LogP contribution in [0.4, 0.5) is 0 Å². The first-order valence-electron chi connectivity index (χ1n) is 8.29. The van der Waals surface area contributed by atoms with Crippen molar-refractivity contribution in [3.8, 4) is 0 Å². The van der Waals surface area contributed by atoms with Crippen LogP contribution in [0.3, 0.4) is 0 Å². The molecule has 0 spiro atoms. The van der Waals surface area contributed by atoms with Gasteiger partial charge in [-0.2, -0.15) is 0 Å². The van der Waals surface area contributed by atoms with Gasteiger partial charge in [-0.25, -0.2) is 0 Å². The highest BCUT2D eigenvalue weighted by Crippen LogP contribution is 2.26. The second kappa shape index (κ2) is 7.75. The van der Waals surface area contributed by atoms with Crippen LogP contribution in [0.15, 0.2) is 47.8 Å². The molecule has 0 bridgehead atoms. The van der Waals surface area contributed by atoms with Gasteiger partial charge in [0.2, 0.25) is 5.91 Å². The highest BCUT2D eigenvalue weighted by atomic mass is 32.1. The SMILES string of the molecule is CN1CCN(C(=O)CCCc2cccs2)C(c2ccccc2)C1. The minimum Gasteiger partial charge on any atom is -0.333 e. The van der Waals surface area contributed by atoms with Crippen LogP contribution in [0, 0.1) is 0 Å². The smallest absolute Gasteiger partial charge is 0.223 e. The molecule has 0 aliphatic carbocycles. The van der Waals surface area contributed by atoms with Crippen LogP contribution in [-0.2, 0) is 11.2 Å². The first-order valence-corrected chi connectivity index (χ1v) is 9.17. The molecule has 1 amide bonds. The third kappa shape index (κ3) is 4.21. The summed E-state index contributed by atoms with van der Waals surface area (Å²) in [6, 6.07) is 14.8. The molecule has 2 heterocycles.